The van der Waals surface area contributed by atoms with E-state index in [0.29, 0.717) is 19.3 Å². The van der Waals surface area contributed by atoms with Crippen molar-refractivity contribution in [2.75, 3.05) is 13.2 Å². The number of hydrogen-bond acceptors (Lipinski definition) is 6. The summed E-state index contributed by atoms with van der Waals surface area (Å²) in [7, 11) is 0. The summed E-state index contributed by atoms with van der Waals surface area (Å²) in [4.78, 5) is 38.4. The fourth-order valence-electron chi connectivity index (χ4n) is 8.79. The number of ether oxygens (including phenoxy) is 3. The first-order valence-corrected chi connectivity index (χ1v) is 32.7. The molecule has 0 spiro atoms. The Morgan fingerprint density at radius 2 is 0.494 bits per heavy atom. The molecule has 0 saturated heterocycles. The molecule has 0 aromatic carbocycles. The van der Waals surface area contributed by atoms with Gasteiger partial charge in [0.2, 0.25) is 0 Å². The Morgan fingerprint density at radius 1 is 0.266 bits per heavy atom. The maximum Gasteiger partial charge on any atom is 0.306 e. The quantitative estimate of drug-likeness (QED) is 0.0261. The predicted molar refractivity (Wildman–Crippen MR) is 343 cm³/mol. The summed E-state index contributed by atoms with van der Waals surface area (Å²) in [5.74, 6) is -0.926. The van der Waals surface area contributed by atoms with E-state index in [1.165, 1.54) is 109 Å². The standard InChI is InChI=1S/C73H120O6/c1-4-7-10-13-16-19-22-25-28-31-32-33-34-35-36-37-38-39-40-43-45-48-51-54-57-60-63-66-72(75)78-69-70(79-73(76)67-64-61-58-55-52-49-46-42-30-27-24-21-18-15-12-9-6-3)68-77-71(74)65-62-59-56-53-50-47-44-41-29-26-23-20-17-14-11-8-5-2/h7,9-10,12,16-21,25-30,32-33,35-36,46,49,70H,4-6,8,11,13-15,22-24,31,34,37-45,47-48,50-69H2,1-3H3/b10-7-,12-9-,19-16-,20-17-,21-18-,28-25-,29-26-,30-27-,33-32-,36-35-,49-46-. The van der Waals surface area contributed by atoms with Crippen molar-refractivity contribution in [2.24, 2.45) is 0 Å². The lowest BCUT2D eigenvalue weighted by Crippen LogP contribution is -2.30. The van der Waals surface area contributed by atoms with Crippen LogP contribution in [0.4, 0.5) is 0 Å². The SMILES string of the molecule is CC/C=C\C/C=C\C/C=C\C/C=C\C/C=C\CCCCCCCCCCCCCC(=O)OCC(COC(=O)CCCCCCCCC/C=C\C/C=C\CCCCC)OC(=O)CCCCCC/C=C\C/C=C\C/C=C\C/C=C\CC. The van der Waals surface area contributed by atoms with E-state index >= 15 is 0 Å². The highest BCUT2D eigenvalue weighted by Gasteiger charge is 2.19. The Kier molecular flexibility index (Phi) is 62.3. The van der Waals surface area contributed by atoms with Gasteiger partial charge >= 0.3 is 17.9 Å². The van der Waals surface area contributed by atoms with E-state index in [1.54, 1.807) is 0 Å². The van der Waals surface area contributed by atoms with Crippen LogP contribution in [0.1, 0.15) is 290 Å². The van der Waals surface area contributed by atoms with Gasteiger partial charge in [-0.25, -0.2) is 0 Å². The largest absolute Gasteiger partial charge is 0.462 e. The highest BCUT2D eigenvalue weighted by molar-refractivity contribution is 5.71. The van der Waals surface area contributed by atoms with Gasteiger partial charge in [-0.1, -0.05) is 270 Å². The maximum atomic E-state index is 12.9. The van der Waals surface area contributed by atoms with Crippen LogP contribution >= 0.6 is 0 Å². The summed E-state index contributed by atoms with van der Waals surface area (Å²) in [6, 6.07) is 0. The van der Waals surface area contributed by atoms with E-state index in [0.717, 1.165) is 141 Å². The molecule has 0 radical (unpaired) electrons. The van der Waals surface area contributed by atoms with Crippen LogP contribution in [0.15, 0.2) is 134 Å². The van der Waals surface area contributed by atoms with Gasteiger partial charge in [0.1, 0.15) is 13.2 Å². The molecule has 0 aliphatic rings. The molecular formula is C73H120O6. The topological polar surface area (TPSA) is 78.9 Å². The van der Waals surface area contributed by atoms with Crippen LogP contribution in [0, 0.1) is 0 Å². The van der Waals surface area contributed by atoms with Gasteiger partial charge in [-0.15, -0.1) is 0 Å². The Morgan fingerprint density at radius 3 is 0.772 bits per heavy atom. The molecule has 0 aliphatic carbocycles. The Labute approximate surface area is 487 Å². The van der Waals surface area contributed by atoms with Crippen molar-refractivity contribution >= 4 is 17.9 Å². The zero-order chi connectivity index (χ0) is 57.1. The molecule has 0 aromatic rings. The first-order valence-electron chi connectivity index (χ1n) is 32.7. The average Bonchev–Trinajstić information content (AvgIpc) is 3.45. The first kappa shape index (κ1) is 74.5. The molecule has 1 atom stereocenters. The van der Waals surface area contributed by atoms with Gasteiger partial charge in [0.25, 0.3) is 0 Å². The number of rotatable bonds is 58. The molecule has 0 heterocycles. The lowest BCUT2D eigenvalue weighted by atomic mass is 10.0. The van der Waals surface area contributed by atoms with E-state index < -0.39 is 6.10 Å². The minimum atomic E-state index is -0.802. The number of carbonyl (C=O) groups excluding carboxylic acids is 3. The fourth-order valence-corrected chi connectivity index (χ4v) is 8.79. The number of esters is 3. The van der Waals surface area contributed by atoms with Crippen molar-refractivity contribution in [1.82, 2.24) is 0 Å². The summed E-state index contributed by atoms with van der Waals surface area (Å²) < 4.78 is 16.9. The fraction of sp³-hybridized carbons (Fsp3) is 0.658. The Balaban J connectivity index is 4.39. The average molecular weight is 1090 g/mol. The lowest BCUT2D eigenvalue weighted by Gasteiger charge is -2.18. The van der Waals surface area contributed by atoms with Crippen LogP contribution in [0.2, 0.25) is 0 Å². The Hall–Kier alpha value is -4.45. The summed E-state index contributed by atoms with van der Waals surface area (Å²) in [5.41, 5.74) is 0. The number of hydrogen-bond donors (Lipinski definition) is 0. The third-order valence-electron chi connectivity index (χ3n) is 13.6. The van der Waals surface area contributed by atoms with Crippen molar-refractivity contribution in [3.8, 4) is 0 Å². The normalized spacial score (nSPS) is 13.0. The molecule has 0 aliphatic heterocycles. The van der Waals surface area contributed by atoms with Crippen LogP contribution in [0.3, 0.4) is 0 Å². The summed E-state index contributed by atoms with van der Waals surface area (Å²) in [6.07, 6.45) is 93.1. The van der Waals surface area contributed by atoms with Gasteiger partial charge in [-0.2, -0.15) is 0 Å². The second kappa shape index (κ2) is 66.1. The van der Waals surface area contributed by atoms with Crippen LogP contribution in [-0.4, -0.2) is 37.2 Å². The molecule has 1 unspecified atom stereocenters. The molecular weight excluding hydrogens is 973 g/mol. The third-order valence-corrected chi connectivity index (χ3v) is 13.6. The number of carbonyl (C=O) groups is 3. The number of unbranched alkanes of at least 4 members (excludes halogenated alkanes) is 25. The van der Waals surface area contributed by atoms with E-state index in [9.17, 15) is 14.4 Å². The van der Waals surface area contributed by atoms with Gasteiger partial charge in [0.05, 0.1) is 0 Å². The molecule has 0 saturated carbocycles. The molecule has 6 heteroatoms. The molecule has 0 rings (SSSR count). The van der Waals surface area contributed by atoms with Crippen molar-refractivity contribution < 1.29 is 28.6 Å². The zero-order valence-corrected chi connectivity index (χ0v) is 51.3. The van der Waals surface area contributed by atoms with Crippen molar-refractivity contribution in [3.05, 3.63) is 134 Å². The molecule has 0 fully saturated rings. The van der Waals surface area contributed by atoms with E-state index in [1.807, 2.05) is 0 Å². The van der Waals surface area contributed by atoms with Crippen molar-refractivity contribution in [3.63, 3.8) is 0 Å². The van der Waals surface area contributed by atoms with Gasteiger partial charge in [0.15, 0.2) is 6.10 Å². The molecule has 0 amide bonds. The monoisotopic (exact) mass is 1090 g/mol. The molecule has 448 valence electrons. The van der Waals surface area contributed by atoms with E-state index in [-0.39, 0.29) is 31.1 Å². The molecule has 0 N–H and O–H groups in total. The predicted octanol–water partition coefficient (Wildman–Crippen LogP) is 22.5. The third kappa shape index (κ3) is 64.3. The van der Waals surface area contributed by atoms with Gasteiger partial charge in [0, 0.05) is 19.3 Å². The summed E-state index contributed by atoms with van der Waals surface area (Å²) in [6.45, 7) is 6.37. The summed E-state index contributed by atoms with van der Waals surface area (Å²) >= 11 is 0. The second-order valence-corrected chi connectivity index (χ2v) is 21.3. The number of allylic oxidation sites excluding steroid dienone is 22. The van der Waals surface area contributed by atoms with Crippen molar-refractivity contribution in [1.29, 1.82) is 0 Å². The molecule has 79 heavy (non-hydrogen) atoms. The van der Waals surface area contributed by atoms with Crippen LogP contribution < -0.4 is 0 Å². The lowest BCUT2D eigenvalue weighted by molar-refractivity contribution is -0.167. The molecule has 0 bridgehead atoms. The van der Waals surface area contributed by atoms with Crippen molar-refractivity contribution in [2.45, 2.75) is 297 Å². The van der Waals surface area contributed by atoms with Gasteiger partial charge < -0.3 is 14.2 Å². The zero-order valence-electron chi connectivity index (χ0n) is 51.3. The molecule has 6 nitrogen and oxygen atoms in total. The van der Waals surface area contributed by atoms with E-state index in [4.69, 9.17) is 14.2 Å². The van der Waals surface area contributed by atoms with Crippen LogP contribution in [0.5, 0.6) is 0 Å². The maximum absolute atomic E-state index is 12.9. The minimum Gasteiger partial charge on any atom is -0.462 e. The first-order chi connectivity index (χ1) is 39.0. The van der Waals surface area contributed by atoms with E-state index in [2.05, 4.69) is 154 Å². The second-order valence-electron chi connectivity index (χ2n) is 21.3. The minimum absolute atomic E-state index is 0.0952. The van der Waals surface area contributed by atoms with Crippen LogP contribution in [-0.2, 0) is 28.6 Å². The van der Waals surface area contributed by atoms with Gasteiger partial charge in [-0.05, 0) is 135 Å². The highest BCUT2D eigenvalue weighted by atomic mass is 16.6. The molecule has 0 aromatic heterocycles. The van der Waals surface area contributed by atoms with Crippen LogP contribution in [0.25, 0.3) is 0 Å². The van der Waals surface area contributed by atoms with Gasteiger partial charge in [-0.3, -0.25) is 14.4 Å². The highest BCUT2D eigenvalue weighted by Crippen LogP contribution is 2.15. The summed E-state index contributed by atoms with van der Waals surface area (Å²) in [5, 5.41) is 0. The smallest absolute Gasteiger partial charge is 0.306 e. The Bertz CT molecular complexity index is 1680.